The summed E-state index contributed by atoms with van der Waals surface area (Å²) in [6, 6.07) is 13.0. The van der Waals surface area contributed by atoms with Gasteiger partial charge in [-0.05, 0) is 49.0 Å². The van der Waals surface area contributed by atoms with Crippen LogP contribution >= 0.6 is 23.8 Å². The SMILES string of the molecule is COCCCNC(=S)Nc1cccc(S(=O)(=O)Nc2ccccc2Cl)c1. The summed E-state index contributed by atoms with van der Waals surface area (Å²) < 4.78 is 32.6. The number of benzene rings is 2. The van der Waals surface area contributed by atoms with E-state index in [1.165, 1.54) is 12.1 Å². The van der Waals surface area contributed by atoms with E-state index in [4.69, 9.17) is 28.6 Å². The lowest BCUT2D eigenvalue weighted by Crippen LogP contribution is -2.29. The fraction of sp³-hybridized carbons (Fsp3) is 0.235. The highest BCUT2D eigenvalue weighted by Gasteiger charge is 2.16. The van der Waals surface area contributed by atoms with Crippen LogP contribution in [0.25, 0.3) is 0 Å². The minimum atomic E-state index is -3.77. The summed E-state index contributed by atoms with van der Waals surface area (Å²) in [6.45, 7) is 1.29. The molecule has 0 heterocycles. The number of halogens is 1. The predicted octanol–water partition coefficient (Wildman–Crippen LogP) is 3.46. The van der Waals surface area contributed by atoms with Gasteiger partial charge in [-0.15, -0.1) is 0 Å². The lowest BCUT2D eigenvalue weighted by atomic mass is 10.3. The van der Waals surface area contributed by atoms with Crippen LogP contribution in [0.5, 0.6) is 0 Å². The normalized spacial score (nSPS) is 11.0. The maximum atomic E-state index is 12.6. The van der Waals surface area contributed by atoms with Gasteiger partial charge in [0.1, 0.15) is 0 Å². The molecule has 2 rings (SSSR count). The molecule has 3 N–H and O–H groups in total. The van der Waals surface area contributed by atoms with Crippen molar-refractivity contribution in [2.24, 2.45) is 0 Å². The molecule has 0 aliphatic rings. The van der Waals surface area contributed by atoms with E-state index in [-0.39, 0.29) is 4.90 Å². The molecule has 0 unspecified atom stereocenters. The highest BCUT2D eigenvalue weighted by Crippen LogP contribution is 2.24. The van der Waals surface area contributed by atoms with Crippen LogP contribution in [-0.4, -0.2) is 33.8 Å². The Morgan fingerprint density at radius 1 is 1.19 bits per heavy atom. The Labute approximate surface area is 163 Å². The van der Waals surface area contributed by atoms with E-state index in [0.717, 1.165) is 6.42 Å². The third-order valence-corrected chi connectivity index (χ3v) is 5.27. The molecule has 0 saturated carbocycles. The third-order valence-electron chi connectivity index (χ3n) is 3.33. The fourth-order valence-electron chi connectivity index (χ4n) is 2.08. The predicted molar refractivity (Wildman–Crippen MR) is 109 cm³/mol. The van der Waals surface area contributed by atoms with Crippen LogP contribution in [-0.2, 0) is 14.8 Å². The van der Waals surface area contributed by atoms with Crippen molar-refractivity contribution in [2.75, 3.05) is 30.3 Å². The van der Waals surface area contributed by atoms with Crippen LogP contribution in [0.15, 0.2) is 53.4 Å². The molecule has 2 aromatic rings. The van der Waals surface area contributed by atoms with Gasteiger partial charge in [-0.25, -0.2) is 8.42 Å². The highest BCUT2D eigenvalue weighted by atomic mass is 35.5. The molecule has 140 valence electrons. The molecule has 0 aliphatic heterocycles. The summed E-state index contributed by atoms with van der Waals surface area (Å²) in [5.41, 5.74) is 0.888. The Morgan fingerprint density at radius 2 is 1.96 bits per heavy atom. The molecular weight excluding hydrogens is 394 g/mol. The molecule has 2 aromatic carbocycles. The van der Waals surface area contributed by atoms with Gasteiger partial charge in [0, 0.05) is 25.9 Å². The standard InChI is InChI=1S/C17H20ClN3O3S2/c1-24-11-5-10-19-17(25)20-13-6-4-7-14(12-13)26(22,23)21-16-9-3-2-8-15(16)18/h2-4,6-9,12,21H,5,10-11H2,1H3,(H2,19,20,25). The topological polar surface area (TPSA) is 79.5 Å². The van der Waals surface area contributed by atoms with E-state index in [9.17, 15) is 8.42 Å². The lowest BCUT2D eigenvalue weighted by molar-refractivity contribution is 0.196. The number of hydrogen-bond acceptors (Lipinski definition) is 4. The van der Waals surface area contributed by atoms with Crippen molar-refractivity contribution in [2.45, 2.75) is 11.3 Å². The molecule has 0 radical (unpaired) electrons. The summed E-state index contributed by atoms with van der Waals surface area (Å²) >= 11 is 11.2. The van der Waals surface area contributed by atoms with Gasteiger partial charge in [0.25, 0.3) is 10.0 Å². The van der Waals surface area contributed by atoms with Crippen LogP contribution < -0.4 is 15.4 Å². The smallest absolute Gasteiger partial charge is 0.262 e. The Balaban J connectivity index is 2.05. The minimum absolute atomic E-state index is 0.101. The van der Waals surface area contributed by atoms with E-state index in [1.807, 2.05) is 0 Å². The zero-order valence-corrected chi connectivity index (χ0v) is 16.5. The van der Waals surface area contributed by atoms with E-state index in [2.05, 4.69) is 15.4 Å². The van der Waals surface area contributed by atoms with Gasteiger partial charge < -0.3 is 15.4 Å². The average molecular weight is 414 g/mol. The van der Waals surface area contributed by atoms with Crippen molar-refractivity contribution < 1.29 is 13.2 Å². The molecule has 0 bridgehead atoms. The van der Waals surface area contributed by atoms with E-state index in [0.29, 0.717) is 34.7 Å². The maximum absolute atomic E-state index is 12.6. The molecule has 0 saturated heterocycles. The number of methoxy groups -OCH3 is 1. The molecule has 26 heavy (non-hydrogen) atoms. The van der Waals surface area contributed by atoms with Crippen LogP contribution in [0.2, 0.25) is 5.02 Å². The Kier molecular flexibility index (Phi) is 7.65. The zero-order chi connectivity index (χ0) is 19.0. The van der Waals surface area contributed by atoms with E-state index < -0.39 is 10.0 Å². The van der Waals surface area contributed by atoms with Crippen LogP contribution in [0.1, 0.15) is 6.42 Å². The lowest BCUT2D eigenvalue weighted by Gasteiger charge is -2.13. The van der Waals surface area contributed by atoms with Crippen molar-refractivity contribution in [3.05, 3.63) is 53.6 Å². The number of anilines is 2. The molecule has 0 amide bonds. The average Bonchev–Trinajstić information content (AvgIpc) is 2.61. The molecule has 0 spiro atoms. The summed E-state index contributed by atoms with van der Waals surface area (Å²) in [5.74, 6) is 0. The number of nitrogens with one attached hydrogen (secondary N) is 3. The van der Waals surface area contributed by atoms with Crippen LogP contribution in [0.4, 0.5) is 11.4 Å². The van der Waals surface area contributed by atoms with Gasteiger partial charge in [-0.3, -0.25) is 4.72 Å². The number of sulfonamides is 1. The molecule has 0 aliphatic carbocycles. The van der Waals surface area contributed by atoms with Gasteiger partial charge in [-0.1, -0.05) is 29.8 Å². The summed E-state index contributed by atoms with van der Waals surface area (Å²) in [6.07, 6.45) is 0.814. The third kappa shape index (κ3) is 6.14. The van der Waals surface area contributed by atoms with Crippen LogP contribution in [0, 0.1) is 0 Å². The Morgan fingerprint density at radius 3 is 2.69 bits per heavy atom. The van der Waals surface area contributed by atoms with Crippen molar-refractivity contribution in [1.29, 1.82) is 0 Å². The first-order valence-electron chi connectivity index (χ1n) is 7.83. The summed E-state index contributed by atoms with van der Waals surface area (Å²) in [7, 11) is -2.14. The second-order valence-corrected chi connectivity index (χ2v) is 7.84. The largest absolute Gasteiger partial charge is 0.385 e. The van der Waals surface area contributed by atoms with E-state index in [1.54, 1.807) is 43.5 Å². The second kappa shape index (κ2) is 9.72. The number of ether oxygens (including phenoxy) is 1. The first kappa shape index (κ1) is 20.4. The van der Waals surface area contributed by atoms with Gasteiger partial charge in [0.15, 0.2) is 5.11 Å². The Hall–Kier alpha value is -1.87. The molecule has 0 fully saturated rings. The summed E-state index contributed by atoms with van der Waals surface area (Å²) in [5, 5.41) is 6.73. The van der Waals surface area contributed by atoms with Crippen molar-refractivity contribution in [3.8, 4) is 0 Å². The first-order valence-corrected chi connectivity index (χ1v) is 10.1. The van der Waals surface area contributed by atoms with Crippen molar-refractivity contribution in [3.63, 3.8) is 0 Å². The highest BCUT2D eigenvalue weighted by molar-refractivity contribution is 7.92. The van der Waals surface area contributed by atoms with E-state index >= 15 is 0 Å². The quantitative estimate of drug-likeness (QED) is 0.454. The van der Waals surface area contributed by atoms with Crippen LogP contribution in [0.3, 0.4) is 0 Å². The number of thiocarbonyl (C=S) groups is 1. The Bertz CT molecular complexity index is 860. The number of rotatable bonds is 8. The monoisotopic (exact) mass is 413 g/mol. The minimum Gasteiger partial charge on any atom is -0.385 e. The first-order chi connectivity index (χ1) is 12.4. The van der Waals surface area contributed by atoms with Crippen molar-refractivity contribution >= 4 is 50.3 Å². The number of hydrogen-bond donors (Lipinski definition) is 3. The molecule has 0 atom stereocenters. The van der Waals surface area contributed by atoms with Gasteiger partial charge >= 0.3 is 0 Å². The van der Waals surface area contributed by atoms with Gasteiger partial charge in [0.05, 0.1) is 15.6 Å². The van der Waals surface area contributed by atoms with Crippen molar-refractivity contribution in [1.82, 2.24) is 5.32 Å². The summed E-state index contributed by atoms with van der Waals surface area (Å²) in [4.78, 5) is 0.101. The molecule has 9 heteroatoms. The fourth-order valence-corrected chi connectivity index (χ4v) is 3.67. The number of para-hydroxylation sites is 1. The molecular formula is C17H20ClN3O3S2. The maximum Gasteiger partial charge on any atom is 0.262 e. The zero-order valence-electron chi connectivity index (χ0n) is 14.2. The molecule has 0 aromatic heterocycles. The van der Waals surface area contributed by atoms with Gasteiger partial charge in [-0.2, -0.15) is 0 Å². The molecule has 6 nitrogen and oxygen atoms in total. The second-order valence-electron chi connectivity index (χ2n) is 5.34. The van der Waals surface area contributed by atoms with Gasteiger partial charge in [0.2, 0.25) is 0 Å².